The van der Waals surface area contributed by atoms with Gasteiger partial charge >= 0.3 is 0 Å². The zero-order valence-corrected chi connectivity index (χ0v) is 29.8. The van der Waals surface area contributed by atoms with Gasteiger partial charge in [0.15, 0.2) is 0 Å². The van der Waals surface area contributed by atoms with E-state index in [0.717, 1.165) is 0 Å². The Hall–Kier alpha value is -7.22. The van der Waals surface area contributed by atoms with Gasteiger partial charge in [-0.1, -0.05) is 164 Å². The van der Waals surface area contributed by atoms with Crippen LogP contribution in [-0.4, -0.2) is 4.40 Å². The van der Waals surface area contributed by atoms with E-state index in [1.165, 1.54) is 125 Å². The molecule has 55 heavy (non-hydrogen) atoms. The Morgan fingerprint density at radius 3 is 1.02 bits per heavy atom. The molecule has 0 bridgehead atoms. The molecule has 0 amide bonds. The van der Waals surface area contributed by atoms with Gasteiger partial charge in [0.25, 0.3) is 0 Å². The highest BCUT2D eigenvalue weighted by Gasteiger charge is 2.26. The maximum atomic E-state index is 2.59. The molecule has 13 aromatic rings. The van der Waals surface area contributed by atoms with E-state index >= 15 is 0 Å². The van der Waals surface area contributed by atoms with E-state index in [9.17, 15) is 0 Å². The van der Waals surface area contributed by atoms with Crippen molar-refractivity contribution in [2.24, 2.45) is 0 Å². The van der Waals surface area contributed by atoms with Crippen molar-refractivity contribution in [3.05, 3.63) is 188 Å². The second-order valence-corrected chi connectivity index (χ2v) is 15.2. The fraction of sp³-hybridized carbons (Fsp3) is 0. The van der Waals surface area contributed by atoms with Gasteiger partial charge in [-0.25, -0.2) is 0 Å². The van der Waals surface area contributed by atoms with Gasteiger partial charge in [-0.3, -0.25) is 0 Å². The Morgan fingerprint density at radius 2 is 0.582 bits per heavy atom. The number of hydrogen-bond donors (Lipinski definition) is 0. The average Bonchev–Trinajstić information content (AvgIpc) is 3.76. The summed E-state index contributed by atoms with van der Waals surface area (Å²) in [7, 11) is 0. The van der Waals surface area contributed by atoms with Gasteiger partial charge in [-0.15, -0.1) is 0 Å². The molecule has 1 heteroatoms. The van der Waals surface area contributed by atoms with Crippen LogP contribution in [0.5, 0.6) is 0 Å². The molecule has 11 aromatic carbocycles. The normalized spacial score (nSPS) is 12.4. The van der Waals surface area contributed by atoms with Crippen molar-refractivity contribution in [3.8, 4) is 22.3 Å². The molecule has 0 radical (unpaired) electrons. The molecule has 2 aromatic heterocycles. The predicted octanol–water partition coefficient (Wildman–Crippen LogP) is 15.1. The van der Waals surface area contributed by atoms with Crippen LogP contribution in [0.25, 0.3) is 125 Å². The molecule has 0 unspecified atom stereocenters. The van der Waals surface area contributed by atoms with E-state index in [-0.39, 0.29) is 0 Å². The maximum absolute atomic E-state index is 2.59. The van der Waals surface area contributed by atoms with Gasteiger partial charge in [0.1, 0.15) is 0 Å². The van der Waals surface area contributed by atoms with E-state index in [1.54, 1.807) is 0 Å². The summed E-state index contributed by atoms with van der Waals surface area (Å²) in [5, 5.41) is 20.5. The van der Waals surface area contributed by atoms with Crippen molar-refractivity contribution >= 4 is 103 Å². The highest BCUT2D eigenvalue weighted by atomic mass is 14.9. The monoisotopic (exact) mass is 693 g/mol. The molecule has 0 fully saturated rings. The van der Waals surface area contributed by atoms with Crippen molar-refractivity contribution in [2.75, 3.05) is 0 Å². The molecule has 0 spiro atoms. The number of rotatable bonds is 2. The minimum atomic E-state index is 1.25. The van der Waals surface area contributed by atoms with Crippen LogP contribution in [0.15, 0.2) is 188 Å². The van der Waals surface area contributed by atoms with Gasteiger partial charge < -0.3 is 4.40 Å². The van der Waals surface area contributed by atoms with E-state index < -0.39 is 0 Å². The minimum absolute atomic E-state index is 1.25. The molecule has 252 valence electrons. The first-order valence-electron chi connectivity index (χ1n) is 19.2. The first kappa shape index (κ1) is 29.3. The molecule has 0 N–H and O–H groups in total. The van der Waals surface area contributed by atoms with Crippen molar-refractivity contribution in [1.29, 1.82) is 0 Å². The molecule has 0 aliphatic carbocycles. The summed E-state index contributed by atoms with van der Waals surface area (Å²) in [6.07, 6.45) is 0. The average molecular weight is 694 g/mol. The van der Waals surface area contributed by atoms with E-state index in [0.29, 0.717) is 0 Å². The van der Waals surface area contributed by atoms with E-state index in [4.69, 9.17) is 0 Å². The van der Waals surface area contributed by atoms with Gasteiger partial charge in [0.05, 0.1) is 16.6 Å². The zero-order chi connectivity index (χ0) is 35.8. The predicted molar refractivity (Wildman–Crippen MR) is 237 cm³/mol. The Balaban J connectivity index is 1.26. The molecular weight excluding hydrogens is 663 g/mol. The number of fused-ring (bicyclic) bond motifs is 14. The SMILES string of the molecule is c1ccc2c(-c3cc4ccccc4c4ccccc34)c3c4cccc5c6c(-c7cc8ccccc8c8ccccc78)c7ccccc7cc6n(c3cc2c1)c45. The number of benzene rings is 11. The highest BCUT2D eigenvalue weighted by molar-refractivity contribution is 6.35. The molecule has 13 rings (SSSR count). The standard InChI is InChI=1S/C54H31N/c1-5-18-36-32(14-1)28-46(42-24-11-9-22-40(36)42)50-38-20-7-3-16-34(38)30-48-52(50)44-26-13-27-45-53-49(55(48)54(44)45)31-35-17-4-8-21-39(35)51(53)47-29-33-15-2-6-19-37(33)41-23-10-12-25-43(41)47/h1-31H. The number of nitrogens with zero attached hydrogens (tertiary/aromatic N) is 1. The minimum Gasteiger partial charge on any atom is -0.308 e. The van der Waals surface area contributed by atoms with Gasteiger partial charge in [-0.2, -0.15) is 0 Å². The van der Waals surface area contributed by atoms with Crippen LogP contribution in [0.4, 0.5) is 0 Å². The maximum Gasteiger partial charge on any atom is 0.0620 e. The van der Waals surface area contributed by atoms with Crippen LogP contribution >= 0.6 is 0 Å². The van der Waals surface area contributed by atoms with Crippen LogP contribution in [0.1, 0.15) is 0 Å². The lowest BCUT2D eigenvalue weighted by Gasteiger charge is -2.17. The second-order valence-electron chi connectivity index (χ2n) is 15.2. The third kappa shape index (κ3) is 3.82. The lowest BCUT2D eigenvalue weighted by Crippen LogP contribution is -1.91. The first-order valence-corrected chi connectivity index (χ1v) is 19.2. The number of aromatic nitrogens is 1. The second kappa shape index (κ2) is 10.7. The fourth-order valence-electron chi connectivity index (χ4n) is 10.2. The molecule has 0 atom stereocenters. The molecule has 0 saturated carbocycles. The summed E-state index contributed by atoms with van der Waals surface area (Å²) in [5.41, 5.74) is 8.96. The van der Waals surface area contributed by atoms with Gasteiger partial charge in [0, 0.05) is 32.7 Å². The molecule has 1 nitrogen and oxygen atoms in total. The summed E-state index contributed by atoms with van der Waals surface area (Å²) < 4.78 is 2.59. The summed E-state index contributed by atoms with van der Waals surface area (Å²) in [6.45, 7) is 0. The van der Waals surface area contributed by atoms with Crippen LogP contribution in [-0.2, 0) is 0 Å². The smallest absolute Gasteiger partial charge is 0.0620 e. The van der Waals surface area contributed by atoms with Crippen LogP contribution in [0, 0.1) is 0 Å². The topological polar surface area (TPSA) is 4.41 Å². The largest absolute Gasteiger partial charge is 0.308 e. The third-order valence-electron chi connectivity index (χ3n) is 12.4. The molecule has 0 saturated heterocycles. The Bertz CT molecular complexity index is 3530. The number of para-hydroxylation sites is 1. The fourth-order valence-corrected chi connectivity index (χ4v) is 10.2. The van der Waals surface area contributed by atoms with Crippen LogP contribution in [0.3, 0.4) is 0 Å². The van der Waals surface area contributed by atoms with E-state index in [2.05, 4.69) is 192 Å². The van der Waals surface area contributed by atoms with Crippen LogP contribution in [0.2, 0.25) is 0 Å². The summed E-state index contributed by atoms with van der Waals surface area (Å²) >= 11 is 0. The third-order valence-corrected chi connectivity index (χ3v) is 12.4. The first-order chi connectivity index (χ1) is 27.3. The number of hydrogen-bond acceptors (Lipinski definition) is 0. The molecule has 2 heterocycles. The van der Waals surface area contributed by atoms with Gasteiger partial charge in [-0.05, 0) is 100 Å². The Morgan fingerprint density at radius 1 is 0.255 bits per heavy atom. The quantitative estimate of drug-likeness (QED) is 0.159. The van der Waals surface area contributed by atoms with Crippen molar-refractivity contribution in [2.45, 2.75) is 0 Å². The van der Waals surface area contributed by atoms with E-state index in [1.807, 2.05) is 0 Å². The summed E-state index contributed by atoms with van der Waals surface area (Å²) in [4.78, 5) is 0. The lowest BCUT2D eigenvalue weighted by molar-refractivity contribution is 1.38. The van der Waals surface area contributed by atoms with Crippen molar-refractivity contribution in [1.82, 2.24) is 4.40 Å². The molecule has 0 aliphatic heterocycles. The lowest BCUT2D eigenvalue weighted by atomic mass is 9.87. The Kier molecular flexibility index (Phi) is 5.69. The molecular formula is C54H31N. The zero-order valence-electron chi connectivity index (χ0n) is 29.8. The van der Waals surface area contributed by atoms with Crippen LogP contribution < -0.4 is 0 Å². The van der Waals surface area contributed by atoms with Gasteiger partial charge in [0.2, 0.25) is 0 Å². The molecule has 0 aliphatic rings. The summed E-state index contributed by atoms with van der Waals surface area (Å²) in [6, 6.07) is 70.3. The Labute approximate surface area is 316 Å². The van der Waals surface area contributed by atoms with Crippen molar-refractivity contribution < 1.29 is 0 Å². The summed E-state index contributed by atoms with van der Waals surface area (Å²) in [5.74, 6) is 0. The highest BCUT2D eigenvalue weighted by Crippen LogP contribution is 2.51. The van der Waals surface area contributed by atoms with Crippen molar-refractivity contribution in [3.63, 3.8) is 0 Å².